The predicted octanol–water partition coefficient (Wildman–Crippen LogP) is 5.13. The van der Waals surface area contributed by atoms with Crippen LogP contribution in [0.25, 0.3) is 0 Å². The average molecular weight is 266 g/mol. The number of unbranched alkanes of at least 4 members (excludes halogenated alkanes) is 1. The summed E-state index contributed by atoms with van der Waals surface area (Å²) in [5.41, 5.74) is -0.0648. The van der Waals surface area contributed by atoms with Gasteiger partial charge in [-0.25, -0.2) is 0 Å². The second-order valence-corrected chi connectivity index (χ2v) is 6.75. The molecule has 0 aliphatic carbocycles. The molecule has 4 atom stereocenters. The smallest absolute Gasteiger partial charge is 0.0777 e. The Hall–Kier alpha value is 0.0249. The van der Waals surface area contributed by atoms with Crippen LogP contribution < -0.4 is 0 Å². The van der Waals surface area contributed by atoms with Gasteiger partial charge >= 0.3 is 0 Å². The maximum Gasteiger partial charge on any atom is 0.0777 e. The van der Waals surface area contributed by atoms with Gasteiger partial charge in [-0.05, 0) is 29.5 Å². The van der Waals surface area contributed by atoms with Crippen molar-refractivity contribution in [1.82, 2.24) is 0 Å². The molecule has 2 heteroatoms. The molecule has 0 aromatic rings. The van der Waals surface area contributed by atoms with Gasteiger partial charge in [-0.2, -0.15) is 0 Å². The van der Waals surface area contributed by atoms with Crippen LogP contribution in [0.5, 0.6) is 0 Å². The number of hydrogen-bond donors (Lipinski definition) is 1. The molecule has 0 aromatic heterocycles. The summed E-state index contributed by atoms with van der Waals surface area (Å²) in [6.07, 6.45) is 7.45. The van der Waals surface area contributed by atoms with E-state index in [0.717, 1.165) is 12.8 Å². The van der Waals surface area contributed by atoms with E-state index in [4.69, 9.17) is 7.85 Å². The first-order valence-corrected chi connectivity index (χ1v) is 8.26. The van der Waals surface area contributed by atoms with E-state index in [2.05, 4.69) is 34.6 Å². The highest BCUT2D eigenvalue weighted by Crippen LogP contribution is 2.49. The Bertz CT molecular complexity index is 239. The van der Waals surface area contributed by atoms with Gasteiger partial charge in [0.2, 0.25) is 0 Å². The number of aliphatic hydroxyl groups excluding tert-OH is 1. The van der Waals surface area contributed by atoms with E-state index in [-0.39, 0.29) is 5.41 Å². The Labute approximate surface area is 123 Å². The van der Waals surface area contributed by atoms with Crippen LogP contribution in [0.1, 0.15) is 86.5 Å². The number of aliphatic hydroxyl groups is 1. The van der Waals surface area contributed by atoms with Crippen molar-refractivity contribution < 1.29 is 5.11 Å². The quantitative estimate of drug-likeness (QED) is 0.544. The van der Waals surface area contributed by atoms with Crippen molar-refractivity contribution in [2.24, 2.45) is 11.3 Å². The van der Waals surface area contributed by atoms with Crippen molar-refractivity contribution in [3.05, 3.63) is 0 Å². The Balaban J connectivity index is 5.15. The third-order valence-electron chi connectivity index (χ3n) is 5.25. The highest BCUT2D eigenvalue weighted by Gasteiger charge is 2.44. The minimum atomic E-state index is -0.483. The second-order valence-electron chi connectivity index (χ2n) is 6.75. The summed E-state index contributed by atoms with van der Waals surface area (Å²) in [6, 6.07) is 0. The van der Waals surface area contributed by atoms with E-state index < -0.39 is 11.4 Å². The molecule has 0 bridgehead atoms. The summed E-state index contributed by atoms with van der Waals surface area (Å²) in [6.45, 7) is 13.0. The molecule has 0 spiro atoms. The zero-order valence-corrected chi connectivity index (χ0v) is 14.1. The summed E-state index contributed by atoms with van der Waals surface area (Å²) in [5, 5.41) is 10.4. The molecule has 0 aromatic carbocycles. The largest absolute Gasteiger partial charge is 0.393 e. The van der Waals surface area contributed by atoms with Gasteiger partial charge in [-0.1, -0.05) is 73.6 Å². The Morgan fingerprint density at radius 3 is 1.89 bits per heavy atom. The zero-order valence-electron chi connectivity index (χ0n) is 14.1. The molecule has 19 heavy (non-hydrogen) atoms. The molecule has 0 aliphatic heterocycles. The van der Waals surface area contributed by atoms with E-state index in [0.29, 0.717) is 5.92 Å². The molecule has 2 radical (unpaired) electrons. The molecular weight excluding hydrogens is 231 g/mol. The Morgan fingerprint density at radius 2 is 1.53 bits per heavy atom. The topological polar surface area (TPSA) is 20.2 Å². The van der Waals surface area contributed by atoms with Gasteiger partial charge in [-0.15, -0.1) is 0 Å². The van der Waals surface area contributed by atoms with Gasteiger partial charge in [0.1, 0.15) is 0 Å². The SMILES string of the molecule is [B]C(C)(CC)C(O)C(C)(CC)C(CCC)CCCC. The van der Waals surface area contributed by atoms with Crippen molar-refractivity contribution >= 4 is 7.85 Å². The number of hydrogen-bond acceptors (Lipinski definition) is 1. The molecule has 0 fully saturated rings. The summed E-state index contributed by atoms with van der Waals surface area (Å²) in [5.74, 6) is 0.576. The van der Waals surface area contributed by atoms with Crippen molar-refractivity contribution in [3.8, 4) is 0 Å². The molecule has 1 nitrogen and oxygen atoms in total. The van der Waals surface area contributed by atoms with E-state index in [1.807, 2.05) is 6.92 Å². The van der Waals surface area contributed by atoms with E-state index in [1.165, 1.54) is 32.1 Å². The van der Waals surface area contributed by atoms with Crippen LogP contribution in [0.4, 0.5) is 0 Å². The Kier molecular flexibility index (Phi) is 8.35. The first kappa shape index (κ1) is 19.0. The van der Waals surface area contributed by atoms with Crippen LogP contribution in [-0.4, -0.2) is 19.1 Å². The third-order valence-corrected chi connectivity index (χ3v) is 5.25. The van der Waals surface area contributed by atoms with E-state index in [1.54, 1.807) is 0 Å². The highest BCUT2D eigenvalue weighted by atomic mass is 16.3. The highest BCUT2D eigenvalue weighted by molar-refractivity contribution is 6.15. The summed E-state index contributed by atoms with van der Waals surface area (Å²) in [7, 11) is 6.33. The zero-order chi connectivity index (χ0) is 15.1. The van der Waals surface area contributed by atoms with Crippen molar-refractivity contribution in [2.75, 3.05) is 0 Å². The van der Waals surface area contributed by atoms with Gasteiger partial charge in [-0.3, -0.25) is 0 Å². The first-order valence-electron chi connectivity index (χ1n) is 8.26. The predicted molar refractivity (Wildman–Crippen MR) is 86.7 cm³/mol. The average Bonchev–Trinajstić information content (AvgIpc) is 2.41. The molecule has 0 amide bonds. The fourth-order valence-corrected chi connectivity index (χ4v) is 3.25. The summed E-state index contributed by atoms with van der Waals surface area (Å²) in [4.78, 5) is 0. The first-order chi connectivity index (χ1) is 8.80. The van der Waals surface area contributed by atoms with Crippen LogP contribution in [-0.2, 0) is 0 Å². The minimum absolute atomic E-state index is 0.0648. The standard InChI is InChI=1S/C17H35BO/c1-7-11-13-14(12-8-2)16(5,9-3)15(19)17(6,18)10-4/h14-15,19H,7-13H2,1-6H3. The third kappa shape index (κ3) is 4.81. The fourth-order valence-electron chi connectivity index (χ4n) is 3.25. The van der Waals surface area contributed by atoms with Crippen molar-refractivity contribution in [3.63, 3.8) is 0 Å². The molecule has 0 saturated heterocycles. The molecular formula is C17H35BO. The van der Waals surface area contributed by atoms with Crippen LogP contribution in [0.15, 0.2) is 0 Å². The van der Waals surface area contributed by atoms with E-state index >= 15 is 0 Å². The van der Waals surface area contributed by atoms with Gasteiger partial charge in [0, 0.05) is 0 Å². The van der Waals surface area contributed by atoms with Crippen molar-refractivity contribution in [1.29, 1.82) is 0 Å². The minimum Gasteiger partial charge on any atom is -0.393 e. The lowest BCUT2D eigenvalue weighted by molar-refractivity contribution is -0.0439. The van der Waals surface area contributed by atoms with E-state index in [9.17, 15) is 5.11 Å². The molecule has 4 unspecified atom stereocenters. The molecule has 112 valence electrons. The lowest BCUT2D eigenvalue weighted by Gasteiger charge is -2.48. The van der Waals surface area contributed by atoms with Crippen LogP contribution in [0, 0.1) is 11.3 Å². The normalized spacial score (nSPS) is 21.4. The lowest BCUT2D eigenvalue weighted by atomic mass is 9.53. The van der Waals surface area contributed by atoms with Gasteiger partial charge in [0.15, 0.2) is 0 Å². The maximum atomic E-state index is 10.9. The molecule has 0 aliphatic rings. The molecule has 0 heterocycles. The van der Waals surface area contributed by atoms with Crippen LogP contribution in [0.2, 0.25) is 5.31 Å². The van der Waals surface area contributed by atoms with Crippen LogP contribution >= 0.6 is 0 Å². The Morgan fingerprint density at radius 1 is 0.947 bits per heavy atom. The van der Waals surface area contributed by atoms with Gasteiger partial charge in [0.05, 0.1) is 14.0 Å². The second kappa shape index (κ2) is 8.34. The summed E-state index contributed by atoms with van der Waals surface area (Å²) < 4.78 is 0. The maximum absolute atomic E-state index is 10.9. The van der Waals surface area contributed by atoms with Crippen molar-refractivity contribution in [2.45, 2.75) is 97.9 Å². The monoisotopic (exact) mass is 266 g/mol. The van der Waals surface area contributed by atoms with Gasteiger partial charge in [0.25, 0.3) is 0 Å². The summed E-state index contributed by atoms with van der Waals surface area (Å²) >= 11 is 0. The molecule has 0 rings (SSSR count). The molecule has 1 N–H and O–H groups in total. The van der Waals surface area contributed by atoms with Crippen LogP contribution in [0.3, 0.4) is 0 Å². The fraction of sp³-hybridized carbons (Fsp3) is 1.00. The number of rotatable bonds is 10. The lowest BCUT2D eigenvalue weighted by Crippen LogP contribution is -2.45. The van der Waals surface area contributed by atoms with Gasteiger partial charge < -0.3 is 5.11 Å². The molecule has 0 saturated carbocycles.